The van der Waals surface area contributed by atoms with Gasteiger partial charge >= 0.3 is 5.97 Å². The molecule has 100 valence electrons. The van der Waals surface area contributed by atoms with Gasteiger partial charge in [0.1, 0.15) is 0 Å². The summed E-state index contributed by atoms with van der Waals surface area (Å²) < 4.78 is 29.5. The van der Waals surface area contributed by atoms with E-state index in [1.165, 1.54) is 24.3 Å². The van der Waals surface area contributed by atoms with Crippen molar-refractivity contribution in [1.82, 2.24) is 14.8 Å². The molecule has 2 rings (SSSR count). The Hall–Kier alpha value is -2.07. The Labute approximate surface area is 112 Å². The molecule has 0 unspecified atom stereocenters. The van der Waals surface area contributed by atoms with Crippen molar-refractivity contribution in [3.05, 3.63) is 29.8 Å². The Morgan fingerprint density at radius 3 is 2.53 bits per heavy atom. The van der Waals surface area contributed by atoms with Gasteiger partial charge in [0.05, 0.1) is 11.3 Å². The van der Waals surface area contributed by atoms with Crippen LogP contribution in [0.15, 0.2) is 29.2 Å². The van der Waals surface area contributed by atoms with E-state index >= 15 is 0 Å². The lowest BCUT2D eigenvalue weighted by Gasteiger charge is -2.04. The quantitative estimate of drug-likeness (QED) is 0.817. The van der Waals surface area contributed by atoms with Crippen molar-refractivity contribution in [3.63, 3.8) is 0 Å². The molecule has 10 heteroatoms. The van der Waals surface area contributed by atoms with Crippen molar-refractivity contribution in [3.8, 4) is 0 Å². The minimum atomic E-state index is -3.76. The SMILES string of the molecule is O=C(O)Cc1ccc(S(=O)(=O)Nc2nnns2)cc1. The van der Waals surface area contributed by atoms with Crippen molar-refractivity contribution in [1.29, 1.82) is 0 Å². The number of hydrogen-bond acceptors (Lipinski definition) is 7. The number of rotatable bonds is 5. The standard InChI is InChI=1S/C9H8N4O4S2/c14-8(15)5-6-1-3-7(4-2-6)19(16,17)11-9-10-12-13-18-9/h1-4H,5H2,(H,14,15)(H,10,11,13). The van der Waals surface area contributed by atoms with Crippen molar-refractivity contribution in [2.24, 2.45) is 0 Å². The fraction of sp³-hybridized carbons (Fsp3) is 0.111. The van der Waals surface area contributed by atoms with Crippen LogP contribution in [0.5, 0.6) is 0 Å². The molecule has 8 nitrogen and oxygen atoms in total. The van der Waals surface area contributed by atoms with Crippen LogP contribution in [0.4, 0.5) is 5.13 Å². The summed E-state index contributed by atoms with van der Waals surface area (Å²) in [6, 6.07) is 5.55. The maximum atomic E-state index is 11.9. The maximum absolute atomic E-state index is 11.9. The Kier molecular flexibility index (Phi) is 3.71. The van der Waals surface area contributed by atoms with Gasteiger partial charge < -0.3 is 5.11 Å². The number of benzene rings is 1. The summed E-state index contributed by atoms with van der Waals surface area (Å²) >= 11 is 0.816. The Morgan fingerprint density at radius 1 is 1.32 bits per heavy atom. The number of hydrogen-bond donors (Lipinski definition) is 2. The van der Waals surface area contributed by atoms with Crippen LogP contribution in [0, 0.1) is 0 Å². The lowest BCUT2D eigenvalue weighted by atomic mass is 10.2. The van der Waals surface area contributed by atoms with Gasteiger partial charge in [0.25, 0.3) is 10.0 Å². The first-order chi connectivity index (χ1) is 8.97. The van der Waals surface area contributed by atoms with Gasteiger partial charge in [-0.15, -0.1) is 0 Å². The molecule has 0 aliphatic carbocycles. The number of carboxylic acids is 1. The summed E-state index contributed by atoms with van der Waals surface area (Å²) in [6.45, 7) is 0. The molecule has 0 radical (unpaired) electrons. The van der Waals surface area contributed by atoms with Crippen molar-refractivity contribution < 1.29 is 18.3 Å². The number of aliphatic carboxylic acids is 1. The van der Waals surface area contributed by atoms with Gasteiger partial charge in [0.15, 0.2) is 0 Å². The predicted molar refractivity (Wildman–Crippen MR) is 66.3 cm³/mol. The summed E-state index contributed by atoms with van der Waals surface area (Å²) in [5.74, 6) is -0.978. The second kappa shape index (κ2) is 5.28. The molecule has 1 aromatic heterocycles. The summed E-state index contributed by atoms with van der Waals surface area (Å²) in [5, 5.41) is 15.4. The number of carboxylic acid groups (broad SMARTS) is 1. The highest BCUT2D eigenvalue weighted by Crippen LogP contribution is 2.16. The van der Waals surface area contributed by atoms with Crippen LogP contribution in [0.3, 0.4) is 0 Å². The highest BCUT2D eigenvalue weighted by Gasteiger charge is 2.16. The highest BCUT2D eigenvalue weighted by molar-refractivity contribution is 7.93. The van der Waals surface area contributed by atoms with E-state index in [-0.39, 0.29) is 16.4 Å². The maximum Gasteiger partial charge on any atom is 0.307 e. The van der Waals surface area contributed by atoms with Crippen LogP contribution in [0.1, 0.15) is 5.56 Å². The first-order valence-corrected chi connectivity index (χ1v) is 7.21. The smallest absolute Gasteiger partial charge is 0.307 e. The fourth-order valence-corrected chi connectivity index (χ4v) is 2.89. The van der Waals surface area contributed by atoms with E-state index in [0.29, 0.717) is 5.56 Å². The first kappa shape index (κ1) is 13.4. The van der Waals surface area contributed by atoms with E-state index in [0.717, 1.165) is 11.5 Å². The van der Waals surface area contributed by atoms with E-state index < -0.39 is 16.0 Å². The van der Waals surface area contributed by atoms with Crippen LogP contribution in [-0.4, -0.2) is 34.3 Å². The molecule has 1 heterocycles. The third kappa shape index (κ3) is 3.45. The minimum Gasteiger partial charge on any atom is -0.481 e. The normalized spacial score (nSPS) is 11.2. The number of sulfonamides is 1. The van der Waals surface area contributed by atoms with E-state index in [1.807, 2.05) is 0 Å². The van der Waals surface area contributed by atoms with Crippen molar-refractivity contribution in [2.45, 2.75) is 11.3 Å². The summed E-state index contributed by atoms with van der Waals surface area (Å²) in [5.41, 5.74) is 0.518. The molecule has 2 aromatic rings. The fourth-order valence-electron chi connectivity index (χ4n) is 1.31. The van der Waals surface area contributed by atoms with Gasteiger partial charge in [-0.2, -0.15) is 0 Å². The van der Waals surface area contributed by atoms with Crippen molar-refractivity contribution in [2.75, 3.05) is 4.72 Å². The van der Waals surface area contributed by atoms with Crippen LogP contribution in [-0.2, 0) is 21.2 Å². The van der Waals surface area contributed by atoms with Crippen LogP contribution >= 0.6 is 11.5 Å². The number of nitrogens with one attached hydrogen (secondary N) is 1. The summed E-state index contributed by atoms with van der Waals surface area (Å²) in [7, 11) is -3.76. The van der Waals surface area contributed by atoms with E-state index in [1.54, 1.807) is 0 Å². The van der Waals surface area contributed by atoms with E-state index in [9.17, 15) is 13.2 Å². The number of nitrogens with zero attached hydrogens (tertiary/aromatic N) is 3. The molecule has 0 saturated carbocycles. The predicted octanol–water partition coefficient (Wildman–Crippen LogP) is 0.361. The van der Waals surface area contributed by atoms with Crippen molar-refractivity contribution >= 4 is 32.7 Å². The molecule has 0 atom stereocenters. The molecule has 0 aliphatic rings. The Balaban J connectivity index is 2.19. The average Bonchev–Trinajstić information content (AvgIpc) is 2.81. The van der Waals surface area contributed by atoms with Gasteiger partial charge in [-0.3, -0.25) is 9.52 Å². The molecule has 0 bridgehead atoms. The molecule has 2 N–H and O–H groups in total. The molecular formula is C9H8N4O4S2. The van der Waals surface area contributed by atoms with E-state index in [4.69, 9.17) is 5.11 Å². The van der Waals surface area contributed by atoms with Gasteiger partial charge in [-0.05, 0) is 22.9 Å². The van der Waals surface area contributed by atoms with Crippen LogP contribution in [0.2, 0.25) is 0 Å². The summed E-state index contributed by atoms with van der Waals surface area (Å²) in [6.07, 6.45) is -0.159. The average molecular weight is 300 g/mol. The first-order valence-electron chi connectivity index (χ1n) is 4.96. The third-order valence-electron chi connectivity index (χ3n) is 2.11. The number of anilines is 1. The molecule has 0 fully saturated rings. The zero-order chi connectivity index (χ0) is 13.9. The summed E-state index contributed by atoms with van der Waals surface area (Å²) in [4.78, 5) is 10.5. The zero-order valence-electron chi connectivity index (χ0n) is 9.35. The molecule has 0 amide bonds. The topological polar surface area (TPSA) is 122 Å². The monoisotopic (exact) mass is 300 g/mol. The largest absolute Gasteiger partial charge is 0.481 e. The molecule has 1 aromatic carbocycles. The zero-order valence-corrected chi connectivity index (χ0v) is 11.0. The third-order valence-corrected chi connectivity index (χ3v) is 4.11. The van der Waals surface area contributed by atoms with Crippen LogP contribution < -0.4 is 4.72 Å². The van der Waals surface area contributed by atoms with Crippen LogP contribution in [0.25, 0.3) is 0 Å². The second-order valence-electron chi connectivity index (χ2n) is 3.49. The second-order valence-corrected chi connectivity index (χ2v) is 5.90. The van der Waals surface area contributed by atoms with Gasteiger partial charge in [0, 0.05) is 11.5 Å². The Bertz CT molecular complexity index is 667. The number of aromatic nitrogens is 3. The molecule has 0 spiro atoms. The van der Waals surface area contributed by atoms with E-state index in [2.05, 4.69) is 19.5 Å². The van der Waals surface area contributed by atoms with Gasteiger partial charge in [-0.1, -0.05) is 21.7 Å². The number of carbonyl (C=O) groups is 1. The molecule has 0 saturated heterocycles. The lowest BCUT2D eigenvalue weighted by molar-refractivity contribution is -0.136. The lowest BCUT2D eigenvalue weighted by Crippen LogP contribution is -2.13. The molecule has 0 aliphatic heterocycles. The van der Waals surface area contributed by atoms with Gasteiger partial charge in [0.2, 0.25) is 5.13 Å². The molecule has 19 heavy (non-hydrogen) atoms. The molecular weight excluding hydrogens is 292 g/mol. The minimum absolute atomic E-state index is 0.0110. The highest BCUT2D eigenvalue weighted by atomic mass is 32.2. The van der Waals surface area contributed by atoms with Gasteiger partial charge in [-0.25, -0.2) is 8.42 Å². The Morgan fingerprint density at radius 2 is 2.00 bits per heavy atom.